The second kappa shape index (κ2) is 10.6. The lowest BCUT2D eigenvalue weighted by Gasteiger charge is -2.19. The molecule has 0 radical (unpaired) electrons. The molecule has 3 nitrogen and oxygen atoms in total. The van der Waals surface area contributed by atoms with Gasteiger partial charge < -0.3 is 10.4 Å². The van der Waals surface area contributed by atoms with E-state index in [-0.39, 0.29) is 16.9 Å². The van der Waals surface area contributed by atoms with Crippen LogP contribution in [0.5, 0.6) is 5.75 Å². The van der Waals surface area contributed by atoms with Crippen molar-refractivity contribution in [2.24, 2.45) is 0 Å². The van der Waals surface area contributed by atoms with Gasteiger partial charge in [0.05, 0.1) is 0 Å². The fraction of sp³-hybridized carbons (Fsp3) is 0.269. The molecule has 0 unspecified atom stereocenters. The van der Waals surface area contributed by atoms with Gasteiger partial charge in [0.15, 0.2) is 0 Å². The second-order valence-electron chi connectivity index (χ2n) is 7.67. The Kier molecular flexibility index (Phi) is 8.74. The van der Waals surface area contributed by atoms with Crippen LogP contribution in [-0.4, -0.2) is 12.2 Å². The molecule has 2 aromatic rings. The van der Waals surface area contributed by atoms with E-state index in [0.29, 0.717) is 28.0 Å². The summed E-state index contributed by atoms with van der Waals surface area (Å²) >= 11 is 0. The number of nitrogens with zero attached hydrogens (tertiary/aromatic N) is 1. The minimum absolute atomic E-state index is 0.0315. The van der Waals surface area contributed by atoms with E-state index in [1.807, 2.05) is 0 Å². The van der Waals surface area contributed by atoms with Gasteiger partial charge in [-0.05, 0) is 78.9 Å². The Hall–Kier alpha value is -3.64. The number of nitriles is 1. The van der Waals surface area contributed by atoms with Gasteiger partial charge in [-0.1, -0.05) is 18.2 Å². The summed E-state index contributed by atoms with van der Waals surface area (Å²) in [4.78, 5) is 0. The topological polar surface area (TPSA) is 56.0 Å². The van der Waals surface area contributed by atoms with Crippen LogP contribution in [0.15, 0.2) is 42.1 Å². The molecule has 0 aromatic heterocycles. The molecule has 0 saturated carbocycles. The van der Waals surface area contributed by atoms with Gasteiger partial charge in [0.1, 0.15) is 23.2 Å². The maximum absolute atomic E-state index is 14.5. The average molecular weight is 441 g/mol. The standard InChI is InChI=1S/C24H25F3N2O.C2H2/c1-15(22(14-28)29-5)21-13-20(30)9-8-17(21)7-6-16-10-18(23(2,3)25)12-19(11-16)24(4,26)27;1-2/h6-13,29-30H,1-5H3;1-2H/b7-6+,22-15+;. The Morgan fingerprint density at radius 2 is 1.62 bits per heavy atom. The Labute approximate surface area is 187 Å². The van der Waals surface area contributed by atoms with Crippen LogP contribution in [0.1, 0.15) is 55.5 Å². The summed E-state index contributed by atoms with van der Waals surface area (Å²) in [5.74, 6) is -3.08. The molecule has 0 aliphatic rings. The number of halogens is 3. The van der Waals surface area contributed by atoms with Crippen LogP contribution >= 0.6 is 0 Å². The predicted octanol–water partition coefficient (Wildman–Crippen LogP) is 6.60. The smallest absolute Gasteiger partial charge is 0.270 e. The van der Waals surface area contributed by atoms with Crippen molar-refractivity contribution in [2.75, 3.05) is 7.05 Å². The molecule has 0 heterocycles. The van der Waals surface area contributed by atoms with Crippen LogP contribution in [0.4, 0.5) is 13.2 Å². The van der Waals surface area contributed by atoms with Crippen molar-refractivity contribution in [1.82, 2.24) is 5.32 Å². The largest absolute Gasteiger partial charge is 0.508 e. The Balaban J connectivity index is 0.00000249. The van der Waals surface area contributed by atoms with E-state index in [1.165, 1.54) is 44.2 Å². The van der Waals surface area contributed by atoms with Crippen molar-refractivity contribution < 1.29 is 18.3 Å². The number of alkyl halides is 3. The third-order valence-corrected chi connectivity index (χ3v) is 4.78. The molecule has 0 bridgehead atoms. The molecule has 0 aliphatic carbocycles. The predicted molar refractivity (Wildman–Crippen MR) is 124 cm³/mol. The molecular formula is C26H27F3N2O. The monoisotopic (exact) mass is 440 g/mol. The van der Waals surface area contributed by atoms with Crippen molar-refractivity contribution in [3.63, 3.8) is 0 Å². The van der Waals surface area contributed by atoms with E-state index in [4.69, 9.17) is 0 Å². The summed E-state index contributed by atoms with van der Waals surface area (Å²) < 4.78 is 42.3. The van der Waals surface area contributed by atoms with Crippen LogP contribution in [0.2, 0.25) is 0 Å². The summed E-state index contributed by atoms with van der Waals surface area (Å²) in [6.45, 7) is 5.16. The number of phenolic OH excluding ortho intramolecular Hbond substituents is 1. The van der Waals surface area contributed by atoms with Crippen LogP contribution in [-0.2, 0) is 11.6 Å². The quantitative estimate of drug-likeness (QED) is 0.302. The average Bonchev–Trinajstić information content (AvgIpc) is 2.73. The first kappa shape index (κ1) is 26.4. The third-order valence-electron chi connectivity index (χ3n) is 4.78. The summed E-state index contributed by atoms with van der Waals surface area (Å²) in [6, 6.07) is 10.8. The maximum Gasteiger partial charge on any atom is 0.270 e. The zero-order chi connectivity index (χ0) is 24.7. The number of hydrogen-bond acceptors (Lipinski definition) is 3. The summed E-state index contributed by atoms with van der Waals surface area (Å²) in [5, 5.41) is 22.0. The molecule has 0 fully saturated rings. The lowest BCUT2D eigenvalue weighted by Crippen LogP contribution is -2.13. The fourth-order valence-electron chi connectivity index (χ4n) is 3.01. The first-order chi connectivity index (χ1) is 14.9. The highest BCUT2D eigenvalue weighted by Gasteiger charge is 2.28. The second-order valence-corrected chi connectivity index (χ2v) is 7.67. The van der Waals surface area contributed by atoms with E-state index in [9.17, 15) is 23.5 Å². The Bertz CT molecular complexity index is 1050. The van der Waals surface area contributed by atoms with Crippen molar-refractivity contribution in [3.05, 3.63) is 69.9 Å². The van der Waals surface area contributed by atoms with Gasteiger partial charge in [0.2, 0.25) is 0 Å². The highest BCUT2D eigenvalue weighted by atomic mass is 19.3. The van der Waals surface area contributed by atoms with E-state index >= 15 is 0 Å². The van der Waals surface area contributed by atoms with Crippen molar-refractivity contribution >= 4 is 17.7 Å². The molecule has 2 aromatic carbocycles. The molecular weight excluding hydrogens is 413 g/mol. The van der Waals surface area contributed by atoms with E-state index in [1.54, 1.807) is 32.2 Å². The summed E-state index contributed by atoms with van der Waals surface area (Å²) in [7, 11) is 1.62. The van der Waals surface area contributed by atoms with Crippen LogP contribution in [0.3, 0.4) is 0 Å². The number of rotatable bonds is 6. The van der Waals surface area contributed by atoms with Crippen molar-refractivity contribution in [1.29, 1.82) is 5.26 Å². The number of phenols is 1. The normalized spacial score (nSPS) is 12.4. The maximum atomic E-state index is 14.5. The molecule has 168 valence electrons. The number of terminal acetylenes is 1. The third kappa shape index (κ3) is 6.68. The first-order valence-electron chi connectivity index (χ1n) is 9.73. The zero-order valence-corrected chi connectivity index (χ0v) is 18.8. The molecule has 0 amide bonds. The van der Waals surface area contributed by atoms with Crippen LogP contribution in [0, 0.1) is 24.2 Å². The van der Waals surface area contributed by atoms with E-state index in [2.05, 4.69) is 24.2 Å². The molecule has 6 heteroatoms. The fourth-order valence-corrected chi connectivity index (χ4v) is 3.01. The van der Waals surface area contributed by atoms with Crippen LogP contribution in [0.25, 0.3) is 17.7 Å². The van der Waals surface area contributed by atoms with Gasteiger partial charge in [-0.3, -0.25) is 0 Å². The molecule has 2 rings (SSSR count). The number of benzene rings is 2. The molecule has 2 N–H and O–H groups in total. The molecule has 0 atom stereocenters. The summed E-state index contributed by atoms with van der Waals surface area (Å²) in [5.41, 5.74) is 0.771. The number of nitrogens with one attached hydrogen (secondary N) is 1. The Morgan fingerprint density at radius 3 is 2.12 bits per heavy atom. The highest BCUT2D eigenvalue weighted by Crippen LogP contribution is 2.34. The first-order valence-corrected chi connectivity index (χ1v) is 9.73. The molecule has 0 aliphatic heterocycles. The van der Waals surface area contributed by atoms with E-state index < -0.39 is 11.6 Å². The van der Waals surface area contributed by atoms with Gasteiger partial charge in [0.25, 0.3) is 5.92 Å². The number of allylic oxidation sites excluding steroid dienone is 2. The van der Waals surface area contributed by atoms with Crippen LogP contribution < -0.4 is 5.32 Å². The van der Waals surface area contributed by atoms with E-state index in [0.717, 1.165) is 6.92 Å². The molecule has 32 heavy (non-hydrogen) atoms. The van der Waals surface area contributed by atoms with Crippen molar-refractivity contribution in [2.45, 2.75) is 39.3 Å². The van der Waals surface area contributed by atoms with Gasteiger partial charge in [0, 0.05) is 19.5 Å². The molecule has 0 saturated heterocycles. The van der Waals surface area contributed by atoms with Gasteiger partial charge in [-0.2, -0.15) is 5.26 Å². The number of aromatic hydroxyl groups is 1. The Morgan fingerprint density at radius 1 is 1.03 bits per heavy atom. The minimum Gasteiger partial charge on any atom is -0.508 e. The zero-order valence-electron chi connectivity index (χ0n) is 18.8. The van der Waals surface area contributed by atoms with Gasteiger partial charge in [-0.25, -0.2) is 13.2 Å². The number of hydrogen-bond donors (Lipinski definition) is 2. The molecule has 0 spiro atoms. The minimum atomic E-state index is -3.11. The van der Waals surface area contributed by atoms with Gasteiger partial charge in [-0.15, -0.1) is 12.8 Å². The lowest BCUT2D eigenvalue weighted by molar-refractivity contribution is 0.0172. The SMILES string of the molecule is C#C.CN/C(C#N)=C(\C)c1cc(O)ccc1/C=C/c1cc(C(C)(C)F)cc(C(C)(F)F)c1. The van der Waals surface area contributed by atoms with Crippen molar-refractivity contribution in [3.8, 4) is 24.7 Å². The van der Waals surface area contributed by atoms with Gasteiger partial charge >= 0.3 is 0 Å². The lowest BCUT2D eigenvalue weighted by atomic mass is 9.93. The highest BCUT2D eigenvalue weighted by molar-refractivity contribution is 5.81. The summed E-state index contributed by atoms with van der Waals surface area (Å²) in [6.07, 6.45) is 11.3.